The first-order valence-electron chi connectivity index (χ1n) is 23.4. The average molecular weight is 881 g/mol. The molecule has 3 heterocycles. The van der Waals surface area contributed by atoms with Gasteiger partial charge in [0, 0.05) is 58.8 Å². The molecule has 4 aliphatic rings. The molecule has 5 rings (SSSR count). The Balaban J connectivity index is 1.47. The number of nitrogens with zero attached hydrogens (tertiary/aromatic N) is 2. The van der Waals surface area contributed by atoms with Crippen molar-refractivity contribution < 1.29 is 53.1 Å². The Morgan fingerprint density at radius 3 is 2.27 bits per heavy atom. The summed E-state index contributed by atoms with van der Waals surface area (Å²) in [6.45, 7) is 11.8. The van der Waals surface area contributed by atoms with E-state index in [4.69, 9.17) is 23.7 Å². The molecule has 1 aromatic rings. The molecule has 63 heavy (non-hydrogen) atoms. The normalized spacial score (nSPS) is 36.9. The number of ether oxygens (including phenoxy) is 5. The van der Waals surface area contributed by atoms with E-state index in [9.17, 15) is 29.4 Å². The molecule has 1 amide bonds. The summed E-state index contributed by atoms with van der Waals surface area (Å²) in [5, 5.41) is 23.1. The number of aliphatic hydroxyl groups is 2. The van der Waals surface area contributed by atoms with Crippen molar-refractivity contribution in [1.29, 1.82) is 0 Å². The van der Waals surface area contributed by atoms with E-state index in [1.165, 1.54) is 4.90 Å². The van der Waals surface area contributed by atoms with Crippen molar-refractivity contribution in [3.05, 3.63) is 47.6 Å². The van der Waals surface area contributed by atoms with Crippen molar-refractivity contribution in [2.24, 2.45) is 29.6 Å². The number of cyclic esters (lactones) is 1. The summed E-state index contributed by atoms with van der Waals surface area (Å²) < 4.78 is 30.9. The van der Waals surface area contributed by atoms with Crippen LogP contribution in [0.15, 0.2) is 47.6 Å². The second-order valence-electron chi connectivity index (χ2n) is 19.3. The van der Waals surface area contributed by atoms with Gasteiger partial charge in [-0.05, 0) is 132 Å². The van der Waals surface area contributed by atoms with Crippen molar-refractivity contribution >= 4 is 29.1 Å². The van der Waals surface area contributed by atoms with Crippen LogP contribution in [0, 0.1) is 29.6 Å². The van der Waals surface area contributed by atoms with E-state index in [0.717, 1.165) is 16.8 Å². The Morgan fingerprint density at radius 2 is 1.62 bits per heavy atom. The molecule has 352 valence electrons. The van der Waals surface area contributed by atoms with Crippen LogP contribution >= 0.6 is 0 Å². The highest BCUT2D eigenvalue weighted by Crippen LogP contribution is 2.39. The van der Waals surface area contributed by atoms with Crippen LogP contribution in [0.1, 0.15) is 119 Å². The number of Topliss-reactive ketones (excluding diaryl/α,β-unsaturated/α-hetero) is 2. The molecule has 13 unspecified atom stereocenters. The zero-order chi connectivity index (χ0) is 46.2. The van der Waals surface area contributed by atoms with Gasteiger partial charge in [-0.1, -0.05) is 45.4 Å². The summed E-state index contributed by atoms with van der Waals surface area (Å²) in [6.07, 6.45) is 6.52. The highest BCUT2D eigenvalue weighted by atomic mass is 16.7. The second kappa shape index (κ2) is 22.5. The lowest BCUT2D eigenvalue weighted by Crippen LogP contribution is -2.64. The van der Waals surface area contributed by atoms with E-state index in [1.54, 1.807) is 21.1 Å². The van der Waals surface area contributed by atoms with E-state index in [2.05, 4.69) is 19.1 Å². The number of esters is 1. The number of anilines is 1. The minimum absolute atomic E-state index is 0.0138. The average Bonchev–Trinajstić information content (AvgIpc) is 3.26. The molecule has 3 fully saturated rings. The number of hydrogen-bond acceptors (Lipinski definition) is 12. The number of rotatable bonds is 8. The molecule has 1 saturated carbocycles. The van der Waals surface area contributed by atoms with Gasteiger partial charge < -0.3 is 43.7 Å². The molecule has 13 heteroatoms. The zero-order valence-electron chi connectivity index (χ0n) is 39.5. The second-order valence-corrected chi connectivity index (χ2v) is 19.3. The molecular formula is C50H76N2O11. The molecular weight excluding hydrogens is 805 g/mol. The quantitative estimate of drug-likeness (QED) is 0.157. The molecule has 13 atom stereocenters. The standard InChI is InChI=1S/C50H76N2O11/c1-11-36-25-30(2)24-31(3)26-43(59-9)46-44(60-10)28-34(6)50(58,63-46)47(55)48(56)52-23-13-12-14-39(52)49(57)62-45(32(4)15-21-40(36)53)33(5)27-35-16-22-41(54)42(29-35)61-38-19-17-37(18-20-38)51(7)8/h17-20,25,27,31-32,34-36,39,41-46,54,58H,11-16,21-24,26,28-29H2,1-10H3/b30-25+,33-27?. The highest BCUT2D eigenvalue weighted by molar-refractivity contribution is 6.39. The molecule has 0 aromatic heterocycles. The number of benzene rings is 1. The van der Waals surface area contributed by atoms with Crippen molar-refractivity contribution in [3.8, 4) is 5.75 Å². The van der Waals surface area contributed by atoms with Gasteiger partial charge in [0.05, 0.1) is 18.3 Å². The summed E-state index contributed by atoms with van der Waals surface area (Å²) in [5.41, 5.74) is 2.92. The molecule has 0 radical (unpaired) electrons. The molecule has 1 aliphatic carbocycles. The fourth-order valence-electron chi connectivity index (χ4n) is 10.3. The fraction of sp³-hybridized carbons (Fsp3) is 0.720. The Labute approximate surface area is 375 Å². The molecule has 2 saturated heterocycles. The number of hydrogen-bond donors (Lipinski definition) is 2. The number of methoxy groups -OCH3 is 2. The van der Waals surface area contributed by atoms with E-state index < -0.39 is 72.0 Å². The predicted molar refractivity (Wildman–Crippen MR) is 241 cm³/mol. The maximum absolute atomic E-state index is 14.5. The summed E-state index contributed by atoms with van der Waals surface area (Å²) in [6, 6.07) is 6.70. The minimum atomic E-state index is -2.48. The van der Waals surface area contributed by atoms with E-state index in [-0.39, 0.29) is 48.8 Å². The van der Waals surface area contributed by atoms with Crippen LogP contribution in [0.5, 0.6) is 5.75 Å². The molecule has 2 N–H and O–H groups in total. The third-order valence-corrected chi connectivity index (χ3v) is 14.1. The van der Waals surface area contributed by atoms with Gasteiger partial charge in [0.2, 0.25) is 5.79 Å². The lowest BCUT2D eigenvalue weighted by Gasteiger charge is -2.47. The van der Waals surface area contributed by atoms with E-state index in [0.29, 0.717) is 70.0 Å². The first-order valence-corrected chi connectivity index (χ1v) is 23.4. The maximum atomic E-state index is 14.5. The first-order chi connectivity index (χ1) is 29.9. The molecule has 0 spiro atoms. The van der Waals surface area contributed by atoms with Gasteiger partial charge in [0.15, 0.2) is 0 Å². The fourth-order valence-corrected chi connectivity index (χ4v) is 10.3. The molecule has 13 nitrogen and oxygen atoms in total. The largest absolute Gasteiger partial charge is 0.488 e. The number of carbonyl (C=O) groups is 4. The molecule has 3 aliphatic heterocycles. The summed E-state index contributed by atoms with van der Waals surface area (Å²) in [7, 11) is 7.05. The lowest BCUT2D eigenvalue weighted by atomic mass is 9.82. The van der Waals surface area contributed by atoms with Gasteiger partial charge in [-0.15, -0.1) is 0 Å². The van der Waals surface area contributed by atoms with Crippen molar-refractivity contribution in [1.82, 2.24) is 4.90 Å². The van der Waals surface area contributed by atoms with Gasteiger partial charge in [-0.2, -0.15) is 0 Å². The number of fused-ring (bicyclic) bond motifs is 3. The third-order valence-electron chi connectivity index (χ3n) is 14.1. The van der Waals surface area contributed by atoms with Gasteiger partial charge in [0.25, 0.3) is 11.7 Å². The number of allylic oxidation sites excluding steroid dienone is 3. The Hall–Kier alpha value is -3.62. The van der Waals surface area contributed by atoms with Crippen molar-refractivity contribution in [2.45, 2.75) is 167 Å². The summed E-state index contributed by atoms with van der Waals surface area (Å²) in [4.78, 5) is 60.3. The predicted octanol–water partition coefficient (Wildman–Crippen LogP) is 7.00. The van der Waals surface area contributed by atoms with Crippen LogP contribution in [0.3, 0.4) is 0 Å². The minimum Gasteiger partial charge on any atom is -0.488 e. The van der Waals surface area contributed by atoms with Gasteiger partial charge in [-0.25, -0.2) is 4.79 Å². The lowest BCUT2D eigenvalue weighted by molar-refractivity contribution is -0.302. The van der Waals surface area contributed by atoms with Crippen molar-refractivity contribution in [3.63, 3.8) is 0 Å². The number of amides is 1. The van der Waals surface area contributed by atoms with Gasteiger partial charge >= 0.3 is 5.97 Å². The third kappa shape index (κ3) is 12.4. The van der Waals surface area contributed by atoms with E-state index >= 15 is 0 Å². The topological polar surface area (TPSA) is 161 Å². The number of carbonyl (C=O) groups excluding carboxylic acids is 4. The van der Waals surface area contributed by atoms with Crippen LogP contribution in [0.4, 0.5) is 5.69 Å². The first kappa shape index (κ1) is 50.4. The van der Waals surface area contributed by atoms with Gasteiger partial charge in [-0.3, -0.25) is 14.4 Å². The van der Waals surface area contributed by atoms with Gasteiger partial charge in [0.1, 0.15) is 35.9 Å². The Morgan fingerprint density at radius 1 is 0.937 bits per heavy atom. The van der Waals surface area contributed by atoms with Crippen LogP contribution in [0.25, 0.3) is 0 Å². The van der Waals surface area contributed by atoms with Crippen molar-refractivity contribution in [2.75, 3.05) is 39.8 Å². The number of piperidine rings is 1. The van der Waals surface area contributed by atoms with E-state index in [1.807, 2.05) is 71.0 Å². The summed E-state index contributed by atoms with van der Waals surface area (Å²) >= 11 is 0. The Kier molecular flexibility index (Phi) is 18.0. The summed E-state index contributed by atoms with van der Waals surface area (Å²) in [5.74, 6) is -5.70. The highest BCUT2D eigenvalue weighted by Gasteiger charge is 2.56. The Bertz CT molecular complexity index is 1780. The monoisotopic (exact) mass is 881 g/mol. The van der Waals surface area contributed by atoms with Crippen LogP contribution in [0.2, 0.25) is 0 Å². The van der Waals surface area contributed by atoms with Crippen LogP contribution in [-0.4, -0.2) is 122 Å². The smallest absolute Gasteiger partial charge is 0.329 e. The SMILES string of the molecule is CCC1/C=C(\C)CC(C)CC(OC)C2OC(O)(C(=O)C(=O)N3CCCCC3C(=O)OC(C(C)=CC3CCC(O)C(Oc4ccc(N(C)C)cc4)C3)C(C)CCC1=O)C(C)CC2OC. The number of aliphatic hydroxyl groups excluding tert-OH is 1. The molecule has 2 bridgehead atoms. The van der Waals surface area contributed by atoms with Crippen LogP contribution < -0.4 is 9.64 Å². The zero-order valence-corrected chi connectivity index (χ0v) is 39.5. The number of ketones is 2. The molecule has 1 aromatic carbocycles. The maximum Gasteiger partial charge on any atom is 0.329 e. The van der Waals surface area contributed by atoms with Crippen LogP contribution in [-0.2, 0) is 38.1 Å².